The summed E-state index contributed by atoms with van der Waals surface area (Å²) in [4.78, 5) is 23.3. The number of likely N-dealkylation sites (N-methyl/N-ethyl adjacent to an activating group) is 1. The third kappa shape index (κ3) is 3.04. The predicted molar refractivity (Wildman–Crippen MR) is 65.3 cm³/mol. The van der Waals surface area contributed by atoms with Crippen LogP contribution in [0.2, 0.25) is 5.02 Å². The summed E-state index contributed by atoms with van der Waals surface area (Å²) in [5, 5.41) is 10.7. The number of hydrogen-bond acceptors (Lipinski definition) is 3. The van der Waals surface area contributed by atoms with E-state index in [4.69, 9.17) is 11.6 Å². The second-order valence-corrected chi connectivity index (χ2v) is 3.80. The summed E-state index contributed by atoms with van der Waals surface area (Å²) in [6.07, 6.45) is 1.57. The number of nitro groups is 1. The predicted octanol–water partition coefficient (Wildman–Crippen LogP) is 2.51. The van der Waals surface area contributed by atoms with Gasteiger partial charge < -0.3 is 4.90 Å². The molecule has 0 saturated heterocycles. The highest BCUT2D eigenvalue weighted by Gasteiger charge is 2.17. The molecule has 0 bridgehead atoms. The zero-order valence-corrected chi connectivity index (χ0v) is 9.98. The maximum atomic E-state index is 11.8. The fourth-order valence-corrected chi connectivity index (χ4v) is 1.47. The SMILES string of the molecule is C=CCN(C)C(=O)c1ccc(Cl)c([N+](=O)[O-])c1. The van der Waals surface area contributed by atoms with Gasteiger partial charge in [-0.15, -0.1) is 6.58 Å². The first kappa shape index (κ1) is 13.2. The second-order valence-electron chi connectivity index (χ2n) is 3.40. The minimum atomic E-state index is -0.618. The van der Waals surface area contributed by atoms with E-state index in [2.05, 4.69) is 6.58 Å². The minimum absolute atomic E-state index is 0.0120. The van der Waals surface area contributed by atoms with Crippen molar-refractivity contribution in [3.63, 3.8) is 0 Å². The maximum Gasteiger partial charge on any atom is 0.288 e. The Morgan fingerprint density at radius 2 is 2.29 bits per heavy atom. The largest absolute Gasteiger partial charge is 0.338 e. The molecule has 0 spiro atoms. The van der Waals surface area contributed by atoms with Crippen LogP contribution in [0.25, 0.3) is 0 Å². The molecule has 0 saturated carbocycles. The molecule has 6 heteroatoms. The third-order valence-corrected chi connectivity index (χ3v) is 2.46. The molecule has 1 rings (SSSR count). The standard InChI is InChI=1S/C11H11ClN2O3/c1-3-6-13(2)11(15)8-4-5-9(12)10(7-8)14(16)17/h3-5,7H,1,6H2,2H3. The van der Waals surface area contributed by atoms with Crippen LogP contribution in [0.5, 0.6) is 0 Å². The van der Waals surface area contributed by atoms with Crippen LogP contribution >= 0.6 is 11.6 Å². The third-order valence-electron chi connectivity index (χ3n) is 2.14. The molecule has 0 radical (unpaired) electrons. The summed E-state index contributed by atoms with van der Waals surface area (Å²) < 4.78 is 0. The number of rotatable bonds is 4. The molecule has 1 aromatic rings. The van der Waals surface area contributed by atoms with Crippen molar-refractivity contribution in [2.75, 3.05) is 13.6 Å². The van der Waals surface area contributed by atoms with Gasteiger partial charge in [-0.3, -0.25) is 14.9 Å². The van der Waals surface area contributed by atoms with Gasteiger partial charge in [-0.05, 0) is 12.1 Å². The molecule has 0 aliphatic rings. The van der Waals surface area contributed by atoms with Crippen molar-refractivity contribution < 1.29 is 9.72 Å². The molecular formula is C11H11ClN2O3. The molecule has 90 valence electrons. The highest BCUT2D eigenvalue weighted by atomic mass is 35.5. The van der Waals surface area contributed by atoms with Crippen LogP contribution in [-0.2, 0) is 0 Å². The number of carbonyl (C=O) groups excluding carboxylic acids is 1. The van der Waals surface area contributed by atoms with Gasteiger partial charge in [0.15, 0.2) is 0 Å². The van der Waals surface area contributed by atoms with Crippen molar-refractivity contribution in [3.8, 4) is 0 Å². The number of benzene rings is 1. The number of halogens is 1. The average molecular weight is 255 g/mol. The van der Waals surface area contributed by atoms with Gasteiger partial charge in [0, 0.05) is 25.2 Å². The monoisotopic (exact) mass is 254 g/mol. The van der Waals surface area contributed by atoms with E-state index in [9.17, 15) is 14.9 Å². The summed E-state index contributed by atoms with van der Waals surface area (Å²) in [6, 6.07) is 3.97. The molecule has 5 nitrogen and oxygen atoms in total. The van der Waals surface area contributed by atoms with E-state index in [1.165, 1.54) is 23.1 Å². The molecular weight excluding hydrogens is 244 g/mol. The zero-order valence-electron chi connectivity index (χ0n) is 9.22. The fourth-order valence-electron chi connectivity index (χ4n) is 1.28. The smallest absolute Gasteiger partial charge is 0.288 e. The average Bonchev–Trinajstić information content (AvgIpc) is 2.28. The van der Waals surface area contributed by atoms with E-state index in [1.807, 2.05) is 0 Å². The number of nitrogens with zero attached hydrogens (tertiary/aromatic N) is 2. The van der Waals surface area contributed by atoms with Crippen LogP contribution in [0.4, 0.5) is 5.69 Å². The summed E-state index contributed by atoms with van der Waals surface area (Å²) in [6.45, 7) is 3.88. The molecule has 0 unspecified atom stereocenters. The Morgan fingerprint density at radius 3 is 2.82 bits per heavy atom. The van der Waals surface area contributed by atoms with Gasteiger partial charge in [0.2, 0.25) is 0 Å². The quantitative estimate of drug-likeness (QED) is 0.471. The van der Waals surface area contributed by atoms with E-state index < -0.39 is 4.92 Å². The lowest BCUT2D eigenvalue weighted by atomic mass is 10.2. The maximum absolute atomic E-state index is 11.8. The molecule has 0 aliphatic heterocycles. The Kier molecular flexibility index (Phi) is 4.23. The molecule has 0 N–H and O–H groups in total. The Labute approximate surface area is 103 Å². The van der Waals surface area contributed by atoms with Gasteiger partial charge in [0.25, 0.3) is 11.6 Å². The van der Waals surface area contributed by atoms with Crippen LogP contribution < -0.4 is 0 Å². The lowest BCUT2D eigenvalue weighted by Gasteiger charge is -2.14. The molecule has 0 heterocycles. The van der Waals surface area contributed by atoms with E-state index in [1.54, 1.807) is 13.1 Å². The van der Waals surface area contributed by atoms with Crippen molar-refractivity contribution in [2.24, 2.45) is 0 Å². The van der Waals surface area contributed by atoms with E-state index in [0.29, 0.717) is 6.54 Å². The number of hydrogen-bond donors (Lipinski definition) is 0. The lowest BCUT2D eigenvalue weighted by molar-refractivity contribution is -0.384. The number of nitro benzene ring substituents is 1. The van der Waals surface area contributed by atoms with E-state index in [0.717, 1.165) is 0 Å². The summed E-state index contributed by atoms with van der Waals surface area (Å²) >= 11 is 5.65. The Balaban J connectivity index is 3.07. The molecule has 0 aliphatic carbocycles. The lowest BCUT2D eigenvalue weighted by Crippen LogP contribution is -2.26. The minimum Gasteiger partial charge on any atom is -0.338 e. The van der Waals surface area contributed by atoms with Crippen LogP contribution in [0.3, 0.4) is 0 Å². The van der Waals surface area contributed by atoms with Gasteiger partial charge in [0.1, 0.15) is 5.02 Å². The molecule has 1 amide bonds. The molecule has 0 fully saturated rings. The highest BCUT2D eigenvalue weighted by Crippen LogP contribution is 2.25. The number of amides is 1. The molecule has 0 atom stereocenters. The van der Waals surface area contributed by atoms with E-state index >= 15 is 0 Å². The molecule has 1 aromatic carbocycles. The van der Waals surface area contributed by atoms with Gasteiger partial charge in [0.05, 0.1) is 4.92 Å². The van der Waals surface area contributed by atoms with Crippen molar-refractivity contribution in [3.05, 3.63) is 51.6 Å². The first-order chi connectivity index (χ1) is 7.97. The number of carbonyl (C=O) groups is 1. The normalized spacial score (nSPS) is 9.76. The summed E-state index contributed by atoms with van der Waals surface area (Å²) in [7, 11) is 1.59. The van der Waals surface area contributed by atoms with Crippen LogP contribution in [0.15, 0.2) is 30.9 Å². The molecule has 0 aromatic heterocycles. The van der Waals surface area contributed by atoms with Crippen molar-refractivity contribution in [1.82, 2.24) is 4.90 Å². The Bertz CT molecular complexity index is 474. The van der Waals surface area contributed by atoms with Gasteiger partial charge >= 0.3 is 0 Å². The summed E-state index contributed by atoms with van der Waals surface area (Å²) in [5.74, 6) is -0.315. The highest BCUT2D eigenvalue weighted by molar-refractivity contribution is 6.32. The van der Waals surface area contributed by atoms with Crippen LogP contribution in [0, 0.1) is 10.1 Å². The zero-order chi connectivity index (χ0) is 13.0. The molecule has 17 heavy (non-hydrogen) atoms. The van der Waals surface area contributed by atoms with Crippen molar-refractivity contribution in [1.29, 1.82) is 0 Å². The van der Waals surface area contributed by atoms with Gasteiger partial charge in [-0.2, -0.15) is 0 Å². The van der Waals surface area contributed by atoms with Gasteiger partial charge in [-0.1, -0.05) is 17.7 Å². The first-order valence-corrected chi connectivity index (χ1v) is 5.15. The van der Waals surface area contributed by atoms with Crippen molar-refractivity contribution in [2.45, 2.75) is 0 Å². The van der Waals surface area contributed by atoms with Crippen LogP contribution in [0.1, 0.15) is 10.4 Å². The second kappa shape index (κ2) is 5.45. The Morgan fingerprint density at radius 1 is 1.65 bits per heavy atom. The first-order valence-electron chi connectivity index (χ1n) is 4.77. The Hall–Kier alpha value is -1.88. The van der Waals surface area contributed by atoms with E-state index in [-0.39, 0.29) is 22.2 Å². The topological polar surface area (TPSA) is 63.5 Å². The summed E-state index contributed by atoms with van der Waals surface area (Å²) in [5.41, 5.74) is -0.0463. The fraction of sp³-hybridized carbons (Fsp3) is 0.182. The van der Waals surface area contributed by atoms with Crippen LogP contribution in [-0.4, -0.2) is 29.3 Å². The van der Waals surface area contributed by atoms with Crippen molar-refractivity contribution >= 4 is 23.2 Å². The van der Waals surface area contributed by atoms with Gasteiger partial charge in [-0.25, -0.2) is 0 Å².